The molecular formula is C17H17NO4. The Balaban J connectivity index is 2.00. The van der Waals surface area contributed by atoms with Crippen molar-refractivity contribution in [1.82, 2.24) is 4.98 Å². The monoisotopic (exact) mass is 299 g/mol. The predicted molar refractivity (Wildman–Crippen MR) is 83.5 cm³/mol. The van der Waals surface area contributed by atoms with Crippen LogP contribution in [-0.2, 0) is 16.1 Å². The number of nitrogens with one attached hydrogen (secondary N) is 1. The number of hydrogen-bond donors (Lipinski definition) is 1. The minimum atomic E-state index is -0.451. The van der Waals surface area contributed by atoms with E-state index in [1.165, 1.54) is 24.4 Å². The molecule has 0 aliphatic rings. The van der Waals surface area contributed by atoms with E-state index in [0.717, 1.165) is 5.56 Å². The highest BCUT2D eigenvalue weighted by Crippen LogP contribution is 2.07. The highest BCUT2D eigenvalue weighted by atomic mass is 16.5. The van der Waals surface area contributed by atoms with Gasteiger partial charge in [-0.25, -0.2) is 4.79 Å². The molecule has 5 heteroatoms. The first-order valence-electron chi connectivity index (χ1n) is 6.93. The molecule has 2 aromatic rings. The minimum absolute atomic E-state index is 0.233. The summed E-state index contributed by atoms with van der Waals surface area (Å²) in [5, 5.41) is 0. The van der Waals surface area contributed by atoms with Gasteiger partial charge in [0.1, 0.15) is 6.61 Å². The number of esters is 1. The Kier molecular flexibility index (Phi) is 5.54. The zero-order valence-electron chi connectivity index (χ0n) is 12.2. The van der Waals surface area contributed by atoms with Gasteiger partial charge < -0.3 is 14.5 Å². The van der Waals surface area contributed by atoms with Crippen LogP contribution >= 0.6 is 0 Å². The number of pyridine rings is 1. The molecule has 0 aliphatic heterocycles. The van der Waals surface area contributed by atoms with E-state index in [0.29, 0.717) is 18.9 Å². The molecule has 5 nitrogen and oxygen atoms in total. The van der Waals surface area contributed by atoms with Gasteiger partial charge in [0.2, 0.25) is 5.43 Å². The third-order valence-electron chi connectivity index (χ3n) is 2.82. The van der Waals surface area contributed by atoms with Crippen LogP contribution < -0.4 is 10.2 Å². The molecule has 0 saturated heterocycles. The molecule has 0 amide bonds. The smallest absolute Gasteiger partial charge is 0.330 e. The number of hydrogen-bond acceptors (Lipinski definition) is 4. The van der Waals surface area contributed by atoms with E-state index in [1.807, 2.05) is 30.3 Å². The van der Waals surface area contributed by atoms with Crippen LogP contribution in [0.3, 0.4) is 0 Å². The number of carbonyl (C=O) groups is 1. The lowest BCUT2D eigenvalue weighted by Crippen LogP contribution is -2.08. The minimum Gasteiger partial charge on any atom is -0.483 e. The third-order valence-corrected chi connectivity index (χ3v) is 2.82. The van der Waals surface area contributed by atoms with Crippen molar-refractivity contribution in [3.8, 4) is 5.75 Å². The Morgan fingerprint density at radius 1 is 1.27 bits per heavy atom. The molecule has 0 bridgehead atoms. The fourth-order valence-corrected chi connectivity index (χ4v) is 1.77. The summed E-state index contributed by atoms with van der Waals surface area (Å²) in [5.41, 5.74) is 1.23. The van der Waals surface area contributed by atoms with Crippen LogP contribution in [-0.4, -0.2) is 17.6 Å². The van der Waals surface area contributed by atoms with Gasteiger partial charge in [-0.15, -0.1) is 0 Å². The van der Waals surface area contributed by atoms with E-state index in [2.05, 4.69) is 4.98 Å². The van der Waals surface area contributed by atoms with Crippen LogP contribution in [0.5, 0.6) is 5.75 Å². The molecule has 1 N–H and O–H groups in total. The van der Waals surface area contributed by atoms with Crippen LogP contribution in [0.4, 0.5) is 0 Å². The van der Waals surface area contributed by atoms with Gasteiger partial charge >= 0.3 is 5.97 Å². The summed E-state index contributed by atoms with van der Waals surface area (Å²) in [7, 11) is 0. The lowest BCUT2D eigenvalue weighted by Gasteiger charge is -2.05. The average Bonchev–Trinajstić information content (AvgIpc) is 2.53. The van der Waals surface area contributed by atoms with Crippen molar-refractivity contribution < 1.29 is 14.3 Å². The van der Waals surface area contributed by atoms with Gasteiger partial charge in [0, 0.05) is 24.0 Å². The van der Waals surface area contributed by atoms with Crippen molar-refractivity contribution >= 4 is 12.0 Å². The zero-order chi connectivity index (χ0) is 15.8. The van der Waals surface area contributed by atoms with Crippen molar-refractivity contribution in [3.63, 3.8) is 0 Å². The van der Waals surface area contributed by atoms with Crippen LogP contribution in [0.25, 0.3) is 6.08 Å². The number of carbonyl (C=O) groups excluding carboxylic acids is 1. The van der Waals surface area contributed by atoms with Crippen molar-refractivity contribution in [2.75, 3.05) is 6.61 Å². The molecule has 0 spiro atoms. The summed E-state index contributed by atoms with van der Waals surface area (Å²) in [5.74, 6) is -0.218. The lowest BCUT2D eigenvalue weighted by molar-refractivity contribution is -0.137. The standard InChI is InChI=1S/C17H17NO4/c1-2-21-17(20)9-8-14-10-15(19)16(11-18-14)22-12-13-6-4-3-5-7-13/h3-11H,2,12H2,1H3,(H,18,19)/b9-8+. The van der Waals surface area contributed by atoms with E-state index in [9.17, 15) is 9.59 Å². The Morgan fingerprint density at radius 3 is 2.73 bits per heavy atom. The first kappa shape index (κ1) is 15.6. The molecule has 114 valence electrons. The summed E-state index contributed by atoms with van der Waals surface area (Å²) in [6.07, 6.45) is 4.23. The SMILES string of the molecule is CCOC(=O)/C=C/c1cc(=O)c(OCc2ccccc2)c[nH]1. The molecular weight excluding hydrogens is 282 g/mol. The topological polar surface area (TPSA) is 68.4 Å². The summed E-state index contributed by atoms with van der Waals surface area (Å²) in [4.78, 5) is 26.0. The van der Waals surface area contributed by atoms with Crippen molar-refractivity contribution in [3.05, 3.63) is 70.2 Å². The molecule has 1 aromatic carbocycles. The summed E-state index contributed by atoms with van der Waals surface area (Å²) in [6, 6.07) is 10.9. The van der Waals surface area contributed by atoms with Gasteiger partial charge in [0.05, 0.1) is 6.61 Å². The van der Waals surface area contributed by atoms with Gasteiger partial charge in [-0.05, 0) is 18.6 Å². The number of aromatic nitrogens is 1. The molecule has 1 heterocycles. The van der Waals surface area contributed by atoms with Gasteiger partial charge in [0.15, 0.2) is 5.75 Å². The Labute approximate surface area is 128 Å². The largest absolute Gasteiger partial charge is 0.483 e. The molecule has 0 saturated carbocycles. The molecule has 22 heavy (non-hydrogen) atoms. The molecule has 1 aromatic heterocycles. The quantitative estimate of drug-likeness (QED) is 0.657. The highest BCUT2D eigenvalue weighted by molar-refractivity contribution is 5.86. The van der Waals surface area contributed by atoms with Gasteiger partial charge in [-0.2, -0.15) is 0 Å². The number of rotatable bonds is 6. The van der Waals surface area contributed by atoms with Gasteiger partial charge in [-0.3, -0.25) is 4.79 Å². The third kappa shape index (κ3) is 4.63. The Bertz CT molecular complexity index is 704. The molecule has 0 atom stereocenters. The number of ether oxygens (including phenoxy) is 2. The van der Waals surface area contributed by atoms with Crippen LogP contribution in [0.15, 0.2) is 53.5 Å². The fraction of sp³-hybridized carbons (Fsp3) is 0.176. The Hall–Kier alpha value is -2.82. The van der Waals surface area contributed by atoms with Crippen LogP contribution in [0.1, 0.15) is 18.2 Å². The van der Waals surface area contributed by atoms with E-state index in [1.54, 1.807) is 6.92 Å². The summed E-state index contributed by atoms with van der Waals surface area (Å²) in [6.45, 7) is 2.36. The van der Waals surface area contributed by atoms with E-state index < -0.39 is 5.97 Å². The molecule has 0 aliphatic carbocycles. The average molecular weight is 299 g/mol. The molecule has 0 radical (unpaired) electrons. The molecule has 2 rings (SSSR count). The normalized spacial score (nSPS) is 10.6. The van der Waals surface area contributed by atoms with Gasteiger partial charge in [0.25, 0.3) is 0 Å². The zero-order valence-corrected chi connectivity index (χ0v) is 12.2. The van der Waals surface area contributed by atoms with E-state index >= 15 is 0 Å². The number of benzene rings is 1. The van der Waals surface area contributed by atoms with E-state index in [4.69, 9.17) is 9.47 Å². The van der Waals surface area contributed by atoms with Crippen molar-refractivity contribution in [2.45, 2.75) is 13.5 Å². The fourth-order valence-electron chi connectivity index (χ4n) is 1.77. The highest BCUT2D eigenvalue weighted by Gasteiger charge is 2.02. The second-order valence-electron chi connectivity index (χ2n) is 4.48. The number of aromatic amines is 1. The van der Waals surface area contributed by atoms with E-state index in [-0.39, 0.29) is 11.2 Å². The second-order valence-corrected chi connectivity index (χ2v) is 4.48. The lowest BCUT2D eigenvalue weighted by atomic mass is 10.2. The number of H-pyrrole nitrogens is 1. The maximum atomic E-state index is 11.9. The van der Waals surface area contributed by atoms with Crippen LogP contribution in [0.2, 0.25) is 0 Å². The maximum Gasteiger partial charge on any atom is 0.330 e. The second kappa shape index (κ2) is 7.83. The summed E-state index contributed by atoms with van der Waals surface area (Å²) >= 11 is 0. The first-order valence-corrected chi connectivity index (χ1v) is 6.93. The van der Waals surface area contributed by atoms with Crippen molar-refractivity contribution in [2.24, 2.45) is 0 Å². The molecule has 0 fully saturated rings. The maximum absolute atomic E-state index is 11.9. The Morgan fingerprint density at radius 2 is 2.05 bits per heavy atom. The van der Waals surface area contributed by atoms with Gasteiger partial charge in [-0.1, -0.05) is 30.3 Å². The van der Waals surface area contributed by atoms with Crippen molar-refractivity contribution in [1.29, 1.82) is 0 Å². The summed E-state index contributed by atoms with van der Waals surface area (Å²) < 4.78 is 10.2. The van der Waals surface area contributed by atoms with Crippen LogP contribution in [0, 0.1) is 0 Å². The first-order chi connectivity index (χ1) is 10.7. The predicted octanol–water partition coefficient (Wildman–Crippen LogP) is 2.53. The molecule has 0 unspecified atom stereocenters.